The molecule has 2 saturated heterocycles. The third-order valence-corrected chi connectivity index (χ3v) is 5.43. The van der Waals surface area contributed by atoms with Crippen LogP contribution in [0.3, 0.4) is 0 Å². The number of morpholine rings is 1. The number of likely N-dealkylation sites (tertiary alicyclic amines) is 1. The van der Waals surface area contributed by atoms with E-state index in [1.807, 2.05) is 18.2 Å². The van der Waals surface area contributed by atoms with Crippen molar-refractivity contribution in [3.63, 3.8) is 0 Å². The maximum Gasteiger partial charge on any atom is 0.236 e. The summed E-state index contributed by atoms with van der Waals surface area (Å²) in [4.78, 5) is 28.5. The number of nitriles is 1. The lowest BCUT2D eigenvalue weighted by atomic mass is 10.1. The maximum absolute atomic E-state index is 14.3. The summed E-state index contributed by atoms with van der Waals surface area (Å²) in [6.45, 7) is 3.98. The van der Waals surface area contributed by atoms with Gasteiger partial charge in [0.05, 0.1) is 37.4 Å². The molecule has 2 aromatic rings. The SMILES string of the molecule is N#CCC(=O)N1CCCC(Nc2nc(Nc3ccc(N4CCOCC4)nc3)ncc2F)C1. The van der Waals surface area contributed by atoms with Gasteiger partial charge in [-0.3, -0.25) is 4.79 Å². The minimum absolute atomic E-state index is 0.0694. The molecule has 2 N–H and O–H groups in total. The van der Waals surface area contributed by atoms with Crippen LogP contribution in [-0.2, 0) is 9.53 Å². The topological polar surface area (TPSA) is 119 Å². The molecule has 2 aliphatic heterocycles. The lowest BCUT2D eigenvalue weighted by Gasteiger charge is -2.33. The molecule has 0 spiro atoms. The van der Waals surface area contributed by atoms with Crippen LogP contribution in [0.5, 0.6) is 0 Å². The molecule has 32 heavy (non-hydrogen) atoms. The highest BCUT2D eigenvalue weighted by molar-refractivity contribution is 5.78. The Labute approximate surface area is 185 Å². The van der Waals surface area contributed by atoms with Gasteiger partial charge in [-0.15, -0.1) is 0 Å². The number of pyridine rings is 1. The van der Waals surface area contributed by atoms with E-state index in [2.05, 4.69) is 30.5 Å². The zero-order chi connectivity index (χ0) is 22.3. The average Bonchev–Trinajstić information content (AvgIpc) is 2.83. The van der Waals surface area contributed by atoms with Crippen molar-refractivity contribution in [1.29, 1.82) is 5.26 Å². The highest BCUT2D eigenvalue weighted by atomic mass is 19.1. The lowest BCUT2D eigenvalue weighted by molar-refractivity contribution is -0.131. The van der Waals surface area contributed by atoms with Crippen LogP contribution >= 0.6 is 0 Å². The average molecular weight is 440 g/mol. The Morgan fingerprint density at radius 2 is 2.09 bits per heavy atom. The Kier molecular flexibility index (Phi) is 6.91. The van der Waals surface area contributed by atoms with Gasteiger partial charge in [-0.25, -0.2) is 14.4 Å². The number of aromatic nitrogens is 3. The first-order chi connectivity index (χ1) is 15.6. The van der Waals surface area contributed by atoms with Crippen molar-refractivity contribution in [2.75, 3.05) is 54.9 Å². The minimum atomic E-state index is -0.572. The number of nitrogens with zero attached hydrogens (tertiary/aromatic N) is 6. The first-order valence-corrected chi connectivity index (χ1v) is 10.6. The Morgan fingerprint density at radius 3 is 2.84 bits per heavy atom. The van der Waals surface area contributed by atoms with Crippen LogP contribution in [-0.4, -0.2) is 71.2 Å². The highest BCUT2D eigenvalue weighted by Crippen LogP contribution is 2.21. The Hall–Kier alpha value is -3.52. The van der Waals surface area contributed by atoms with Crippen LogP contribution in [0.25, 0.3) is 0 Å². The van der Waals surface area contributed by atoms with Crippen molar-refractivity contribution in [1.82, 2.24) is 19.9 Å². The molecule has 10 nitrogen and oxygen atoms in total. The van der Waals surface area contributed by atoms with E-state index >= 15 is 0 Å². The molecule has 0 bridgehead atoms. The fraction of sp³-hybridized carbons (Fsp3) is 0.476. The molecule has 0 saturated carbocycles. The number of hydrogen-bond acceptors (Lipinski definition) is 9. The number of carbonyl (C=O) groups is 1. The number of nitrogens with one attached hydrogen (secondary N) is 2. The summed E-state index contributed by atoms with van der Waals surface area (Å²) >= 11 is 0. The van der Waals surface area contributed by atoms with E-state index in [0.29, 0.717) is 32.0 Å². The first-order valence-electron chi connectivity index (χ1n) is 10.6. The van der Waals surface area contributed by atoms with Gasteiger partial charge < -0.3 is 25.2 Å². The summed E-state index contributed by atoms with van der Waals surface area (Å²) in [5.74, 6) is 0.395. The molecular weight excluding hydrogens is 415 g/mol. The summed E-state index contributed by atoms with van der Waals surface area (Å²) in [5.41, 5.74) is 0.686. The smallest absolute Gasteiger partial charge is 0.236 e. The number of halogens is 1. The highest BCUT2D eigenvalue weighted by Gasteiger charge is 2.24. The second-order valence-electron chi connectivity index (χ2n) is 7.68. The van der Waals surface area contributed by atoms with Crippen molar-refractivity contribution >= 4 is 29.2 Å². The van der Waals surface area contributed by atoms with Crippen LogP contribution in [0, 0.1) is 17.1 Å². The number of amides is 1. The molecule has 168 valence electrons. The van der Waals surface area contributed by atoms with Gasteiger partial charge in [-0.1, -0.05) is 0 Å². The summed E-state index contributed by atoms with van der Waals surface area (Å²) < 4.78 is 19.7. The van der Waals surface area contributed by atoms with Gasteiger partial charge in [-0.2, -0.15) is 10.2 Å². The van der Waals surface area contributed by atoms with Crippen LogP contribution < -0.4 is 15.5 Å². The largest absolute Gasteiger partial charge is 0.378 e. The first kappa shape index (κ1) is 21.7. The molecule has 2 aromatic heterocycles. The van der Waals surface area contributed by atoms with Crippen molar-refractivity contribution < 1.29 is 13.9 Å². The number of piperidine rings is 1. The molecule has 0 aliphatic carbocycles. The molecule has 0 aromatic carbocycles. The van der Waals surface area contributed by atoms with E-state index < -0.39 is 5.82 Å². The third kappa shape index (κ3) is 5.39. The van der Waals surface area contributed by atoms with E-state index in [-0.39, 0.29) is 30.1 Å². The molecule has 2 fully saturated rings. The molecule has 4 heterocycles. The standard InChI is InChI=1S/C21H25FN8O2/c22-17-13-25-21(27-15-3-4-18(24-12-15)29-8-10-32-11-9-29)28-20(17)26-16-2-1-7-30(14-16)19(31)5-6-23/h3-4,12-13,16H,1-2,5,7-11,14H2,(H2,25,26,27,28). The van der Waals surface area contributed by atoms with Gasteiger partial charge in [0.1, 0.15) is 12.2 Å². The molecule has 1 amide bonds. The van der Waals surface area contributed by atoms with E-state index in [4.69, 9.17) is 10.00 Å². The van der Waals surface area contributed by atoms with Crippen LogP contribution in [0.2, 0.25) is 0 Å². The number of anilines is 4. The predicted octanol–water partition coefficient (Wildman–Crippen LogP) is 1.91. The molecule has 4 rings (SSSR count). The van der Waals surface area contributed by atoms with Gasteiger partial charge in [0.15, 0.2) is 11.6 Å². The van der Waals surface area contributed by atoms with E-state index in [1.165, 1.54) is 0 Å². The normalized spacial score (nSPS) is 18.7. The zero-order valence-corrected chi connectivity index (χ0v) is 17.6. The van der Waals surface area contributed by atoms with Crippen molar-refractivity contribution in [3.8, 4) is 6.07 Å². The minimum Gasteiger partial charge on any atom is -0.378 e. The van der Waals surface area contributed by atoms with Gasteiger partial charge >= 0.3 is 0 Å². The Bertz CT molecular complexity index is 975. The van der Waals surface area contributed by atoms with Gasteiger partial charge in [0, 0.05) is 32.2 Å². The summed E-state index contributed by atoms with van der Waals surface area (Å²) in [5, 5.41) is 14.9. The quantitative estimate of drug-likeness (QED) is 0.694. The number of rotatable bonds is 6. The molecule has 11 heteroatoms. The van der Waals surface area contributed by atoms with Crippen molar-refractivity contribution in [3.05, 3.63) is 30.3 Å². The van der Waals surface area contributed by atoms with Crippen LogP contribution in [0.1, 0.15) is 19.3 Å². The van der Waals surface area contributed by atoms with Crippen molar-refractivity contribution in [2.45, 2.75) is 25.3 Å². The second kappa shape index (κ2) is 10.2. The molecule has 1 atom stereocenters. The van der Waals surface area contributed by atoms with Crippen molar-refractivity contribution in [2.24, 2.45) is 0 Å². The van der Waals surface area contributed by atoms with Gasteiger partial charge in [-0.05, 0) is 25.0 Å². The monoisotopic (exact) mass is 440 g/mol. The lowest BCUT2D eigenvalue weighted by Crippen LogP contribution is -2.45. The number of ether oxygens (including phenoxy) is 1. The molecule has 0 radical (unpaired) electrons. The van der Waals surface area contributed by atoms with E-state index in [1.54, 1.807) is 11.1 Å². The Balaban J connectivity index is 1.39. The van der Waals surface area contributed by atoms with Gasteiger partial charge in [0.2, 0.25) is 11.9 Å². The summed E-state index contributed by atoms with van der Waals surface area (Å²) in [6, 6.07) is 5.50. The van der Waals surface area contributed by atoms with Crippen LogP contribution in [0.4, 0.5) is 27.7 Å². The van der Waals surface area contributed by atoms with E-state index in [9.17, 15) is 9.18 Å². The maximum atomic E-state index is 14.3. The molecular formula is C21H25FN8O2. The van der Waals surface area contributed by atoms with Crippen LogP contribution in [0.15, 0.2) is 24.5 Å². The summed E-state index contributed by atoms with van der Waals surface area (Å²) in [6.07, 6.45) is 4.18. The summed E-state index contributed by atoms with van der Waals surface area (Å²) in [7, 11) is 0. The van der Waals surface area contributed by atoms with Gasteiger partial charge in [0.25, 0.3) is 0 Å². The number of hydrogen-bond donors (Lipinski definition) is 2. The van der Waals surface area contributed by atoms with E-state index in [0.717, 1.165) is 37.9 Å². The molecule has 1 unspecified atom stereocenters. The molecule has 2 aliphatic rings. The Morgan fingerprint density at radius 1 is 1.25 bits per heavy atom. The zero-order valence-electron chi connectivity index (χ0n) is 17.6. The fourth-order valence-corrected chi connectivity index (χ4v) is 3.79. The predicted molar refractivity (Wildman–Crippen MR) is 116 cm³/mol. The third-order valence-electron chi connectivity index (χ3n) is 5.43. The second-order valence-corrected chi connectivity index (χ2v) is 7.68. The fourth-order valence-electron chi connectivity index (χ4n) is 3.79. The number of carbonyl (C=O) groups excluding carboxylic acids is 1.